The van der Waals surface area contributed by atoms with Gasteiger partial charge in [-0.2, -0.15) is 0 Å². The molecule has 0 atom stereocenters. The molecule has 0 saturated carbocycles. The summed E-state index contributed by atoms with van der Waals surface area (Å²) >= 11 is 0. The van der Waals surface area contributed by atoms with Gasteiger partial charge >= 0.3 is 5.97 Å². The van der Waals surface area contributed by atoms with Crippen molar-refractivity contribution in [3.05, 3.63) is 82.2 Å². The van der Waals surface area contributed by atoms with E-state index in [1.807, 2.05) is 13.0 Å². The van der Waals surface area contributed by atoms with Gasteiger partial charge in [-0.15, -0.1) is 0 Å². The first-order chi connectivity index (χ1) is 11.9. The zero-order valence-corrected chi connectivity index (χ0v) is 14.7. The van der Waals surface area contributed by atoms with Crippen molar-refractivity contribution in [3.8, 4) is 0 Å². The molecule has 0 amide bonds. The molecule has 0 unspecified atom stereocenters. The number of carbonyl (C=O) groups is 1. The molecule has 0 aliphatic heterocycles. The Hall–Kier alpha value is -2.68. The highest BCUT2D eigenvalue weighted by atomic mass is 19.1. The van der Waals surface area contributed by atoms with Crippen LogP contribution in [0.5, 0.6) is 0 Å². The van der Waals surface area contributed by atoms with Crippen LogP contribution < -0.4 is 0 Å². The molecular formula is C22H21FO2. The highest BCUT2D eigenvalue weighted by molar-refractivity contribution is 5.88. The van der Waals surface area contributed by atoms with Gasteiger partial charge in [0.1, 0.15) is 12.4 Å². The number of carbonyl (C=O) groups excluding carboxylic acids is 1. The van der Waals surface area contributed by atoms with Crippen LogP contribution in [0.4, 0.5) is 4.39 Å². The number of esters is 1. The fourth-order valence-corrected chi connectivity index (χ4v) is 3.07. The number of hydrogen-bond acceptors (Lipinski definition) is 2. The average Bonchev–Trinajstić information content (AvgIpc) is 2.58. The summed E-state index contributed by atoms with van der Waals surface area (Å²) in [4.78, 5) is 11.2. The first-order valence-corrected chi connectivity index (χ1v) is 8.33. The Labute approximate surface area is 147 Å². The van der Waals surface area contributed by atoms with Crippen molar-refractivity contribution in [1.82, 2.24) is 0 Å². The Kier molecular flexibility index (Phi) is 4.84. The van der Waals surface area contributed by atoms with E-state index < -0.39 is 0 Å². The topological polar surface area (TPSA) is 26.3 Å². The lowest BCUT2D eigenvalue weighted by Gasteiger charge is -2.16. The molecule has 3 aromatic rings. The number of benzene rings is 3. The number of hydrogen-bond donors (Lipinski definition) is 0. The summed E-state index contributed by atoms with van der Waals surface area (Å²) in [5.74, 6) is -0.552. The standard InChI is InChI=1S/C22H21FO2/c1-14-4-6-17(7-5-14)10-21-15(2)19(13-25-16(3)24)11-18-8-9-20(23)12-22(18)21/h4-9,11-12H,10,13H2,1-3H3. The highest BCUT2D eigenvalue weighted by Gasteiger charge is 2.13. The second kappa shape index (κ2) is 7.06. The van der Waals surface area contributed by atoms with Crippen LogP contribution in [-0.4, -0.2) is 5.97 Å². The highest BCUT2D eigenvalue weighted by Crippen LogP contribution is 2.29. The largest absolute Gasteiger partial charge is 0.461 e. The number of halogens is 1. The molecule has 3 aromatic carbocycles. The van der Waals surface area contributed by atoms with Crippen LogP contribution in [0.25, 0.3) is 10.8 Å². The van der Waals surface area contributed by atoms with Crippen molar-refractivity contribution in [3.63, 3.8) is 0 Å². The molecule has 3 rings (SSSR count). The van der Waals surface area contributed by atoms with Crippen molar-refractivity contribution in [1.29, 1.82) is 0 Å². The van der Waals surface area contributed by atoms with Crippen molar-refractivity contribution >= 4 is 16.7 Å². The summed E-state index contributed by atoms with van der Waals surface area (Å²) in [7, 11) is 0. The van der Waals surface area contributed by atoms with E-state index in [9.17, 15) is 9.18 Å². The second-order valence-corrected chi connectivity index (χ2v) is 6.45. The number of rotatable bonds is 4. The number of fused-ring (bicyclic) bond motifs is 1. The lowest BCUT2D eigenvalue weighted by atomic mass is 9.91. The van der Waals surface area contributed by atoms with Crippen LogP contribution in [0.3, 0.4) is 0 Å². The van der Waals surface area contributed by atoms with Crippen LogP contribution in [0.2, 0.25) is 0 Å². The van der Waals surface area contributed by atoms with Crippen LogP contribution in [0, 0.1) is 19.7 Å². The van der Waals surface area contributed by atoms with Gasteiger partial charge in [0.15, 0.2) is 0 Å². The molecule has 0 bridgehead atoms. The Morgan fingerprint density at radius 3 is 2.44 bits per heavy atom. The summed E-state index contributed by atoms with van der Waals surface area (Å²) in [5, 5.41) is 1.86. The fraction of sp³-hybridized carbons (Fsp3) is 0.227. The van der Waals surface area contributed by atoms with E-state index in [-0.39, 0.29) is 18.4 Å². The van der Waals surface area contributed by atoms with Crippen molar-refractivity contribution in [2.45, 2.75) is 33.8 Å². The molecule has 0 heterocycles. The molecule has 0 saturated heterocycles. The average molecular weight is 336 g/mol. The molecule has 0 aliphatic carbocycles. The minimum absolute atomic E-state index is 0.232. The maximum Gasteiger partial charge on any atom is 0.302 e. The van der Waals surface area contributed by atoms with Gasteiger partial charge in [-0.25, -0.2) is 4.39 Å². The molecule has 128 valence electrons. The molecule has 2 nitrogen and oxygen atoms in total. The zero-order valence-electron chi connectivity index (χ0n) is 14.7. The third-order valence-corrected chi connectivity index (χ3v) is 4.54. The first kappa shape index (κ1) is 17.2. The molecule has 25 heavy (non-hydrogen) atoms. The quantitative estimate of drug-likeness (QED) is 0.608. The molecule has 0 aliphatic rings. The predicted octanol–water partition coefficient (Wildman–Crippen LogP) is 5.25. The first-order valence-electron chi connectivity index (χ1n) is 8.33. The summed E-state index contributed by atoms with van der Waals surface area (Å²) in [5.41, 5.74) is 5.45. The van der Waals surface area contributed by atoms with Gasteiger partial charge in [-0.1, -0.05) is 35.9 Å². The minimum atomic E-state index is -0.307. The van der Waals surface area contributed by atoms with Gasteiger partial charge in [-0.3, -0.25) is 4.79 Å². The van der Waals surface area contributed by atoms with E-state index in [0.717, 1.165) is 27.5 Å². The van der Waals surface area contributed by atoms with Crippen molar-refractivity contribution in [2.24, 2.45) is 0 Å². The van der Waals surface area contributed by atoms with Crippen LogP contribution >= 0.6 is 0 Å². The minimum Gasteiger partial charge on any atom is -0.461 e. The lowest BCUT2D eigenvalue weighted by molar-refractivity contribution is -0.142. The molecular weight excluding hydrogens is 315 g/mol. The molecule has 0 radical (unpaired) electrons. The maximum absolute atomic E-state index is 13.8. The van der Waals surface area contributed by atoms with E-state index in [2.05, 4.69) is 31.2 Å². The third kappa shape index (κ3) is 3.87. The van der Waals surface area contributed by atoms with E-state index in [4.69, 9.17) is 4.74 Å². The van der Waals surface area contributed by atoms with E-state index in [0.29, 0.717) is 6.42 Å². The zero-order chi connectivity index (χ0) is 18.0. The second-order valence-electron chi connectivity index (χ2n) is 6.45. The Morgan fingerprint density at radius 1 is 1.04 bits per heavy atom. The molecule has 0 aromatic heterocycles. The van der Waals surface area contributed by atoms with Gasteiger partial charge in [0.25, 0.3) is 0 Å². The van der Waals surface area contributed by atoms with Gasteiger partial charge in [0, 0.05) is 6.92 Å². The number of ether oxygens (including phenoxy) is 1. The summed E-state index contributed by atoms with van der Waals surface area (Å²) in [6, 6.07) is 15.2. The smallest absolute Gasteiger partial charge is 0.302 e. The SMILES string of the molecule is CC(=O)OCc1cc2ccc(F)cc2c(Cc2ccc(C)cc2)c1C. The molecule has 3 heteroatoms. The van der Waals surface area contributed by atoms with Gasteiger partial charge < -0.3 is 4.74 Å². The van der Waals surface area contributed by atoms with E-state index >= 15 is 0 Å². The van der Waals surface area contributed by atoms with E-state index in [1.165, 1.54) is 24.1 Å². The summed E-state index contributed by atoms with van der Waals surface area (Å²) in [6.45, 7) is 5.70. The third-order valence-electron chi connectivity index (χ3n) is 4.54. The van der Waals surface area contributed by atoms with Crippen LogP contribution in [0.15, 0.2) is 48.5 Å². The Balaban J connectivity index is 2.11. The van der Waals surface area contributed by atoms with Gasteiger partial charge in [0.2, 0.25) is 0 Å². The fourth-order valence-electron chi connectivity index (χ4n) is 3.07. The predicted molar refractivity (Wildman–Crippen MR) is 98.1 cm³/mol. The van der Waals surface area contributed by atoms with Crippen LogP contribution in [-0.2, 0) is 22.6 Å². The van der Waals surface area contributed by atoms with Crippen LogP contribution in [0.1, 0.15) is 34.7 Å². The van der Waals surface area contributed by atoms with Gasteiger partial charge in [0.05, 0.1) is 0 Å². The van der Waals surface area contributed by atoms with Crippen molar-refractivity contribution < 1.29 is 13.9 Å². The Bertz CT molecular complexity index is 927. The van der Waals surface area contributed by atoms with Gasteiger partial charge in [-0.05, 0) is 71.5 Å². The number of aryl methyl sites for hydroxylation is 1. The summed E-state index contributed by atoms with van der Waals surface area (Å²) in [6.07, 6.45) is 0.708. The Morgan fingerprint density at radius 2 is 1.76 bits per heavy atom. The molecule has 0 N–H and O–H groups in total. The lowest BCUT2D eigenvalue weighted by Crippen LogP contribution is -2.04. The molecule has 0 fully saturated rings. The summed E-state index contributed by atoms with van der Waals surface area (Å²) < 4.78 is 19.0. The monoisotopic (exact) mass is 336 g/mol. The maximum atomic E-state index is 13.8. The molecule has 0 spiro atoms. The van der Waals surface area contributed by atoms with Crippen molar-refractivity contribution in [2.75, 3.05) is 0 Å². The van der Waals surface area contributed by atoms with E-state index in [1.54, 1.807) is 12.1 Å². The normalized spacial score (nSPS) is 10.9.